The molecule has 1 aromatic heterocycles. The molecule has 3 amide bonds. The molecule has 0 bridgehead atoms. The lowest BCUT2D eigenvalue weighted by atomic mass is 10.1. The average Bonchev–Trinajstić information content (AvgIpc) is 3.49. The van der Waals surface area contributed by atoms with E-state index in [4.69, 9.17) is 33.1 Å². The summed E-state index contributed by atoms with van der Waals surface area (Å²) in [5.41, 5.74) is 0.597. The second-order valence-electron chi connectivity index (χ2n) is 10.8. The van der Waals surface area contributed by atoms with Crippen molar-refractivity contribution in [2.24, 2.45) is 0 Å². The average molecular weight is 763 g/mol. The molecule has 14 nitrogen and oxygen atoms in total. The number of rotatable bonds is 10. The zero-order valence-corrected chi connectivity index (χ0v) is 28.8. The van der Waals surface area contributed by atoms with Crippen molar-refractivity contribution in [3.05, 3.63) is 82.1 Å². The number of aromatic nitrogens is 2. The lowest BCUT2D eigenvalue weighted by molar-refractivity contribution is -0.192. The first-order chi connectivity index (χ1) is 23.4. The number of likely N-dealkylation sites (N-methyl/N-ethyl adjacent to an activating group) is 1. The molecule has 0 spiro atoms. The van der Waals surface area contributed by atoms with Crippen LogP contribution in [-0.4, -0.2) is 103 Å². The number of aliphatic carboxylic acids is 1. The van der Waals surface area contributed by atoms with Crippen LogP contribution in [0.5, 0.6) is 0 Å². The van der Waals surface area contributed by atoms with Gasteiger partial charge in [0.25, 0.3) is 11.8 Å². The number of benzene rings is 2. The first-order valence-corrected chi connectivity index (χ1v) is 16.7. The zero-order valence-electron chi connectivity index (χ0n) is 26.4. The van der Waals surface area contributed by atoms with Crippen molar-refractivity contribution in [3.8, 4) is 0 Å². The molecule has 3 aromatic rings. The summed E-state index contributed by atoms with van der Waals surface area (Å²) in [7, 11) is -0.0774. The number of carboxylic acids is 1. The Kier molecular flexibility index (Phi) is 13.9. The first-order valence-electron chi connectivity index (χ1n) is 14.5. The largest absolute Gasteiger partial charge is 0.490 e. The van der Waals surface area contributed by atoms with Gasteiger partial charge in [0, 0.05) is 37.4 Å². The van der Waals surface area contributed by atoms with Crippen LogP contribution in [0, 0.1) is 0 Å². The minimum Gasteiger partial charge on any atom is -0.475 e. The van der Waals surface area contributed by atoms with Gasteiger partial charge in [0.15, 0.2) is 0 Å². The van der Waals surface area contributed by atoms with E-state index < -0.39 is 34.0 Å². The third kappa shape index (κ3) is 11.3. The summed E-state index contributed by atoms with van der Waals surface area (Å²) in [6.45, 7) is 0.945. The Hall–Kier alpha value is -4.49. The molecule has 50 heavy (non-hydrogen) atoms. The van der Waals surface area contributed by atoms with Gasteiger partial charge in [-0.05, 0) is 57.3 Å². The van der Waals surface area contributed by atoms with Crippen molar-refractivity contribution in [3.63, 3.8) is 0 Å². The minimum atomic E-state index is -5.08. The summed E-state index contributed by atoms with van der Waals surface area (Å²) in [5, 5.41) is 22.0. The third-order valence-electron chi connectivity index (χ3n) is 6.82. The zero-order chi connectivity index (χ0) is 37.2. The molecule has 1 fully saturated rings. The number of amides is 3. The smallest absolute Gasteiger partial charge is 0.475 e. The van der Waals surface area contributed by atoms with Crippen LogP contribution in [0.15, 0.2) is 65.7 Å². The Morgan fingerprint density at radius 1 is 1.04 bits per heavy atom. The van der Waals surface area contributed by atoms with Gasteiger partial charge in [-0.25, -0.2) is 13.2 Å². The summed E-state index contributed by atoms with van der Waals surface area (Å²) in [5.74, 6) is -4.23. The summed E-state index contributed by atoms with van der Waals surface area (Å²) in [6, 6.07) is 10.4. The van der Waals surface area contributed by atoms with Gasteiger partial charge in [-0.3, -0.25) is 19.5 Å². The normalized spacial score (nSPS) is 14.2. The van der Waals surface area contributed by atoms with E-state index in [0.717, 1.165) is 0 Å². The summed E-state index contributed by atoms with van der Waals surface area (Å²) < 4.78 is 59.8. The molecule has 0 atom stereocenters. The van der Waals surface area contributed by atoms with Gasteiger partial charge in [-0.1, -0.05) is 41.4 Å². The third-order valence-corrected chi connectivity index (χ3v) is 9.34. The molecule has 1 aliphatic heterocycles. The molecule has 270 valence electrons. The highest BCUT2D eigenvalue weighted by Gasteiger charge is 2.38. The predicted octanol–water partition coefficient (Wildman–Crippen LogP) is 4.24. The highest BCUT2D eigenvalue weighted by molar-refractivity contribution is 7.89. The number of anilines is 2. The van der Waals surface area contributed by atoms with Crippen molar-refractivity contribution in [1.29, 1.82) is 0 Å². The van der Waals surface area contributed by atoms with E-state index >= 15 is 0 Å². The van der Waals surface area contributed by atoms with Gasteiger partial charge in [-0.15, -0.1) is 0 Å². The molecular formula is C30H32Cl2F3N7O7S. The molecule has 5 N–H and O–H groups in total. The number of H-pyrrole nitrogens is 1. The van der Waals surface area contributed by atoms with E-state index in [9.17, 15) is 36.0 Å². The van der Waals surface area contributed by atoms with Crippen LogP contribution in [0.4, 0.5) is 24.5 Å². The molecule has 4 rings (SSSR count). The summed E-state index contributed by atoms with van der Waals surface area (Å²) >= 11 is 12.2. The molecule has 0 unspecified atom stereocenters. The topological polar surface area (TPSA) is 194 Å². The first kappa shape index (κ1) is 39.9. The molecule has 2 heterocycles. The molecule has 0 radical (unpaired) electrons. The van der Waals surface area contributed by atoms with Crippen LogP contribution in [-0.2, 0) is 19.6 Å². The number of carbonyl (C=O) groups excluding carboxylic acids is 3. The van der Waals surface area contributed by atoms with Gasteiger partial charge in [0.1, 0.15) is 5.69 Å². The molecule has 1 aliphatic rings. The highest BCUT2D eigenvalue weighted by Crippen LogP contribution is 2.27. The second kappa shape index (κ2) is 17.4. The lowest BCUT2D eigenvalue weighted by Gasteiger charge is -2.31. The molecule has 1 saturated heterocycles. The van der Waals surface area contributed by atoms with Gasteiger partial charge in [-0.2, -0.15) is 22.6 Å². The van der Waals surface area contributed by atoms with Gasteiger partial charge in [0.05, 0.1) is 32.4 Å². The van der Waals surface area contributed by atoms with Crippen molar-refractivity contribution < 1.29 is 45.9 Å². The number of hydrogen-bond donors (Lipinski definition) is 5. The number of nitrogens with one attached hydrogen (secondary N) is 4. The number of carbonyl (C=O) groups is 4. The Morgan fingerprint density at radius 2 is 1.64 bits per heavy atom. The standard InChI is InChI=1S/C28H31Cl2N7O5S.C2HF3O2/c1-36(2)13-5-10-24(38)32-19-6-3-7-20(16-19)43(41,42)37-14-11-18(12-15-37)33-28(40)26-23(17-31-35-26)34-27(39)25-21(29)8-4-9-22(25)30;3-2(4,5)1(6)7/h3-10,16-18H,11-15H2,1-2H3,(H,31,35)(H,32,38)(H,33,40)(H,34,39);(H,6,7)/b10-5+;. The quantitative estimate of drug-likeness (QED) is 0.188. The number of carboxylic acid groups (broad SMARTS) is 1. The number of halogens is 5. The number of piperidine rings is 1. The lowest BCUT2D eigenvalue weighted by Crippen LogP contribution is -2.46. The summed E-state index contributed by atoms with van der Waals surface area (Å²) in [4.78, 5) is 48.8. The van der Waals surface area contributed by atoms with E-state index in [0.29, 0.717) is 25.1 Å². The number of alkyl halides is 3. The SMILES string of the molecule is CN(C)C/C=C/C(=O)Nc1cccc(S(=O)(=O)N2CCC(NC(=O)c3[nH]ncc3NC(=O)c3c(Cl)cccc3Cl)CC2)c1.O=C(O)C(F)(F)F. The maximum atomic E-state index is 13.3. The molecule has 2 aromatic carbocycles. The van der Waals surface area contributed by atoms with E-state index in [1.807, 2.05) is 19.0 Å². The maximum Gasteiger partial charge on any atom is 0.490 e. The fourth-order valence-electron chi connectivity index (χ4n) is 4.39. The van der Waals surface area contributed by atoms with Crippen LogP contribution >= 0.6 is 23.2 Å². The molecule has 0 saturated carbocycles. The number of aromatic amines is 1. The van der Waals surface area contributed by atoms with Gasteiger partial charge < -0.3 is 26.0 Å². The van der Waals surface area contributed by atoms with Gasteiger partial charge in [0.2, 0.25) is 15.9 Å². The van der Waals surface area contributed by atoms with Crippen LogP contribution in [0.3, 0.4) is 0 Å². The Bertz CT molecular complexity index is 1830. The number of hydrogen-bond acceptors (Lipinski definition) is 8. The Morgan fingerprint density at radius 3 is 2.22 bits per heavy atom. The number of nitrogens with zero attached hydrogens (tertiary/aromatic N) is 3. The van der Waals surface area contributed by atoms with Crippen LogP contribution in [0.1, 0.15) is 33.7 Å². The van der Waals surface area contributed by atoms with Crippen LogP contribution < -0.4 is 16.0 Å². The van der Waals surface area contributed by atoms with Crippen molar-refractivity contribution in [2.75, 3.05) is 44.4 Å². The Labute approximate surface area is 294 Å². The number of sulfonamides is 1. The maximum absolute atomic E-state index is 13.3. The van der Waals surface area contributed by atoms with E-state index in [2.05, 4.69) is 26.1 Å². The molecule has 20 heteroatoms. The van der Waals surface area contributed by atoms with Crippen LogP contribution in [0.25, 0.3) is 0 Å². The highest BCUT2D eigenvalue weighted by atomic mass is 35.5. The minimum absolute atomic E-state index is 0.0296. The fraction of sp³-hybridized carbons (Fsp3) is 0.300. The van der Waals surface area contributed by atoms with E-state index in [1.165, 1.54) is 40.8 Å². The van der Waals surface area contributed by atoms with E-state index in [-0.39, 0.29) is 56.9 Å². The van der Waals surface area contributed by atoms with Crippen LogP contribution in [0.2, 0.25) is 10.0 Å². The molecule has 0 aliphatic carbocycles. The Balaban J connectivity index is 0.000000872. The van der Waals surface area contributed by atoms with Crippen molar-refractivity contribution in [2.45, 2.75) is 30.0 Å². The predicted molar refractivity (Wildman–Crippen MR) is 179 cm³/mol. The second-order valence-corrected chi connectivity index (χ2v) is 13.6. The summed E-state index contributed by atoms with van der Waals surface area (Å²) in [6.07, 6.45) is 0.0450. The van der Waals surface area contributed by atoms with Crippen molar-refractivity contribution >= 4 is 68.3 Å². The van der Waals surface area contributed by atoms with Crippen molar-refractivity contribution in [1.82, 2.24) is 24.7 Å². The molecular weight excluding hydrogens is 730 g/mol. The fourth-order valence-corrected chi connectivity index (χ4v) is 6.47. The van der Waals surface area contributed by atoms with E-state index in [1.54, 1.807) is 24.3 Å². The monoisotopic (exact) mass is 761 g/mol. The van der Waals surface area contributed by atoms with Gasteiger partial charge >= 0.3 is 12.1 Å².